The summed E-state index contributed by atoms with van der Waals surface area (Å²) in [6.45, 7) is 1.99. The van der Waals surface area contributed by atoms with Gasteiger partial charge in [0.1, 0.15) is 0 Å². The molecule has 1 aromatic rings. The van der Waals surface area contributed by atoms with Gasteiger partial charge in [-0.2, -0.15) is 0 Å². The van der Waals surface area contributed by atoms with Crippen LogP contribution in [0.5, 0.6) is 11.5 Å². The van der Waals surface area contributed by atoms with Gasteiger partial charge in [-0.3, -0.25) is 4.79 Å². The van der Waals surface area contributed by atoms with Gasteiger partial charge < -0.3 is 15.2 Å². The molecule has 0 heterocycles. The highest BCUT2D eigenvalue weighted by molar-refractivity contribution is 5.97. The molecule has 1 aliphatic rings. The number of hydrogen-bond donors (Lipinski definition) is 2. The van der Waals surface area contributed by atoms with Gasteiger partial charge in [0, 0.05) is 6.04 Å². The molecular formula is C13H17NO3. The zero-order valence-corrected chi connectivity index (χ0v) is 10.1. The minimum atomic E-state index is -0.249. The van der Waals surface area contributed by atoms with Gasteiger partial charge in [0.05, 0.1) is 12.7 Å². The van der Waals surface area contributed by atoms with Gasteiger partial charge in [-0.1, -0.05) is 6.07 Å². The summed E-state index contributed by atoms with van der Waals surface area (Å²) in [6.07, 6.45) is 2.34. The highest BCUT2D eigenvalue weighted by atomic mass is 16.5. The number of amides is 1. The Kier molecular flexibility index (Phi) is 3.22. The van der Waals surface area contributed by atoms with Crippen molar-refractivity contribution < 1.29 is 14.6 Å². The van der Waals surface area contributed by atoms with E-state index in [9.17, 15) is 9.90 Å². The van der Waals surface area contributed by atoms with Crippen molar-refractivity contribution in [3.63, 3.8) is 0 Å². The number of phenolic OH excluding ortho intramolecular Hbond substituents is 1. The lowest BCUT2D eigenvalue weighted by atomic mass is 10.1. The van der Waals surface area contributed by atoms with Crippen LogP contribution >= 0.6 is 0 Å². The van der Waals surface area contributed by atoms with E-state index in [-0.39, 0.29) is 23.3 Å². The van der Waals surface area contributed by atoms with Crippen molar-refractivity contribution in [3.8, 4) is 11.5 Å². The first kappa shape index (κ1) is 11.8. The average molecular weight is 235 g/mol. The molecule has 1 atom stereocenters. The van der Waals surface area contributed by atoms with E-state index in [1.165, 1.54) is 20.0 Å². The number of phenols is 1. The third-order valence-electron chi connectivity index (χ3n) is 3.15. The van der Waals surface area contributed by atoms with E-state index in [4.69, 9.17) is 4.74 Å². The number of ether oxygens (including phenoxy) is 1. The zero-order valence-electron chi connectivity index (χ0n) is 10.1. The first-order chi connectivity index (χ1) is 8.13. The fourth-order valence-corrected chi connectivity index (χ4v) is 1.87. The topological polar surface area (TPSA) is 58.6 Å². The van der Waals surface area contributed by atoms with Crippen molar-refractivity contribution in [3.05, 3.63) is 23.8 Å². The Morgan fingerprint density at radius 2 is 2.24 bits per heavy atom. The molecule has 2 N–H and O–H groups in total. The SMILES string of the molecule is COc1cccc(C(=O)NC(C)C2CC2)c1O. The summed E-state index contributed by atoms with van der Waals surface area (Å²) in [6, 6.07) is 5.06. The highest BCUT2D eigenvalue weighted by Crippen LogP contribution is 2.33. The van der Waals surface area contributed by atoms with Crippen molar-refractivity contribution in [2.24, 2.45) is 5.92 Å². The largest absolute Gasteiger partial charge is 0.504 e. The zero-order chi connectivity index (χ0) is 12.4. The highest BCUT2D eigenvalue weighted by Gasteiger charge is 2.29. The molecule has 1 aliphatic carbocycles. The lowest BCUT2D eigenvalue weighted by molar-refractivity contribution is 0.0932. The van der Waals surface area contributed by atoms with Crippen LogP contribution in [0.3, 0.4) is 0 Å². The molecule has 1 unspecified atom stereocenters. The first-order valence-electron chi connectivity index (χ1n) is 5.80. The molecule has 0 saturated heterocycles. The number of para-hydroxylation sites is 1. The summed E-state index contributed by atoms with van der Waals surface area (Å²) in [5, 5.41) is 12.7. The van der Waals surface area contributed by atoms with Gasteiger partial charge in [-0.15, -0.1) is 0 Å². The number of aromatic hydroxyl groups is 1. The summed E-state index contributed by atoms with van der Waals surface area (Å²) in [4.78, 5) is 11.9. The van der Waals surface area contributed by atoms with E-state index in [1.807, 2.05) is 6.92 Å². The second-order valence-electron chi connectivity index (χ2n) is 4.46. The molecule has 17 heavy (non-hydrogen) atoms. The molecule has 2 rings (SSSR count). The second kappa shape index (κ2) is 4.65. The number of methoxy groups -OCH3 is 1. The minimum Gasteiger partial charge on any atom is -0.504 e. The molecule has 0 aromatic heterocycles. The summed E-state index contributed by atoms with van der Waals surface area (Å²) >= 11 is 0. The Balaban J connectivity index is 2.12. The van der Waals surface area contributed by atoms with E-state index in [2.05, 4.69) is 5.32 Å². The van der Waals surface area contributed by atoms with Crippen molar-refractivity contribution >= 4 is 5.91 Å². The number of hydrogen-bond acceptors (Lipinski definition) is 3. The van der Waals surface area contributed by atoms with Crippen molar-refractivity contribution in [2.45, 2.75) is 25.8 Å². The van der Waals surface area contributed by atoms with Gasteiger partial charge in [0.15, 0.2) is 11.5 Å². The quantitative estimate of drug-likeness (QED) is 0.838. The Morgan fingerprint density at radius 3 is 2.82 bits per heavy atom. The van der Waals surface area contributed by atoms with Crippen molar-refractivity contribution in [1.82, 2.24) is 5.32 Å². The Labute approximate surface area is 101 Å². The van der Waals surface area contributed by atoms with Crippen LogP contribution in [0.25, 0.3) is 0 Å². The third kappa shape index (κ3) is 2.52. The average Bonchev–Trinajstić information content (AvgIpc) is 3.12. The third-order valence-corrected chi connectivity index (χ3v) is 3.15. The van der Waals surface area contributed by atoms with Gasteiger partial charge in [0.25, 0.3) is 5.91 Å². The fraction of sp³-hybridized carbons (Fsp3) is 0.462. The maximum Gasteiger partial charge on any atom is 0.255 e. The van der Waals surface area contributed by atoms with Crippen LogP contribution in [0.2, 0.25) is 0 Å². The molecule has 4 heteroatoms. The second-order valence-corrected chi connectivity index (χ2v) is 4.46. The van der Waals surface area contributed by atoms with Crippen molar-refractivity contribution in [1.29, 1.82) is 0 Å². The number of nitrogens with one attached hydrogen (secondary N) is 1. The lowest BCUT2D eigenvalue weighted by Crippen LogP contribution is -2.34. The molecule has 1 aromatic carbocycles. The van der Waals surface area contributed by atoms with E-state index < -0.39 is 0 Å². The van der Waals surface area contributed by atoms with E-state index >= 15 is 0 Å². The van der Waals surface area contributed by atoms with Gasteiger partial charge in [0.2, 0.25) is 0 Å². The monoisotopic (exact) mass is 235 g/mol. The molecule has 1 amide bonds. The van der Waals surface area contributed by atoms with Crippen LogP contribution in [0, 0.1) is 5.92 Å². The van der Waals surface area contributed by atoms with Crippen LogP contribution in [-0.4, -0.2) is 24.2 Å². The summed E-state index contributed by atoms with van der Waals surface area (Å²) in [7, 11) is 1.46. The number of carbonyl (C=O) groups is 1. The Bertz CT molecular complexity index is 427. The maximum absolute atomic E-state index is 11.9. The summed E-state index contributed by atoms with van der Waals surface area (Å²) in [5.74, 6) is 0.555. The molecule has 4 nitrogen and oxygen atoms in total. The van der Waals surface area contributed by atoms with Gasteiger partial charge in [-0.25, -0.2) is 0 Å². The molecule has 1 saturated carbocycles. The summed E-state index contributed by atoms with van der Waals surface area (Å²) < 4.78 is 4.97. The smallest absolute Gasteiger partial charge is 0.255 e. The van der Waals surface area contributed by atoms with Crippen LogP contribution in [0.4, 0.5) is 0 Å². The first-order valence-corrected chi connectivity index (χ1v) is 5.80. The van der Waals surface area contributed by atoms with E-state index in [0.29, 0.717) is 11.7 Å². The molecular weight excluding hydrogens is 218 g/mol. The number of rotatable bonds is 4. The molecule has 0 bridgehead atoms. The molecule has 0 radical (unpaired) electrons. The van der Waals surface area contributed by atoms with E-state index in [1.54, 1.807) is 18.2 Å². The number of carbonyl (C=O) groups excluding carboxylic acids is 1. The van der Waals surface area contributed by atoms with E-state index in [0.717, 1.165) is 0 Å². The molecule has 0 spiro atoms. The molecule has 0 aliphatic heterocycles. The molecule has 92 valence electrons. The van der Waals surface area contributed by atoms with Crippen LogP contribution < -0.4 is 10.1 Å². The Morgan fingerprint density at radius 1 is 1.53 bits per heavy atom. The maximum atomic E-state index is 11.9. The van der Waals surface area contributed by atoms with Gasteiger partial charge in [-0.05, 0) is 37.8 Å². The predicted molar refractivity (Wildman–Crippen MR) is 64.3 cm³/mol. The summed E-state index contributed by atoms with van der Waals surface area (Å²) in [5.41, 5.74) is 0.261. The molecule has 1 fully saturated rings. The van der Waals surface area contributed by atoms with Crippen molar-refractivity contribution in [2.75, 3.05) is 7.11 Å². The minimum absolute atomic E-state index is 0.101. The van der Waals surface area contributed by atoms with Crippen LogP contribution in [0.1, 0.15) is 30.1 Å². The van der Waals surface area contributed by atoms with Gasteiger partial charge >= 0.3 is 0 Å². The van der Waals surface area contributed by atoms with Crippen LogP contribution in [-0.2, 0) is 0 Å². The Hall–Kier alpha value is -1.71. The lowest BCUT2D eigenvalue weighted by Gasteiger charge is -2.14. The normalized spacial score (nSPS) is 16.4. The fourth-order valence-electron chi connectivity index (χ4n) is 1.87. The predicted octanol–water partition coefficient (Wildman–Crippen LogP) is 1.93. The standard InChI is InChI=1S/C13H17NO3/c1-8(9-6-7-9)14-13(16)10-4-3-5-11(17-2)12(10)15/h3-5,8-9,15H,6-7H2,1-2H3,(H,14,16). The number of benzene rings is 1. The van der Waals surface area contributed by atoms with Crippen LogP contribution in [0.15, 0.2) is 18.2 Å².